The van der Waals surface area contributed by atoms with E-state index in [2.05, 4.69) is 9.72 Å². The number of ether oxygens (including phenoxy) is 1. The Morgan fingerprint density at radius 1 is 1.64 bits per heavy atom. The maximum absolute atomic E-state index is 11.1. The second-order valence-corrected chi connectivity index (χ2v) is 3.40. The van der Waals surface area contributed by atoms with Gasteiger partial charge in [-0.05, 0) is 6.07 Å². The van der Waals surface area contributed by atoms with Crippen molar-refractivity contribution in [2.45, 2.75) is 0 Å². The highest BCUT2D eigenvalue weighted by Gasteiger charge is 2.11. The number of thiazole rings is 1. The average Bonchev–Trinajstić information content (AvgIpc) is 2.86. The molecule has 0 aliphatic heterocycles. The van der Waals surface area contributed by atoms with Crippen LogP contribution in [0.2, 0.25) is 0 Å². The van der Waals surface area contributed by atoms with Crippen LogP contribution in [0.25, 0.3) is 10.6 Å². The first-order chi connectivity index (χ1) is 6.81. The van der Waals surface area contributed by atoms with Crippen molar-refractivity contribution >= 4 is 17.3 Å². The number of methoxy groups -OCH3 is 1. The zero-order chi connectivity index (χ0) is 9.97. The van der Waals surface area contributed by atoms with Crippen molar-refractivity contribution in [3.05, 3.63) is 29.7 Å². The Kier molecular flexibility index (Phi) is 2.32. The number of rotatable bonds is 2. The molecule has 0 unspecified atom stereocenters. The van der Waals surface area contributed by atoms with E-state index in [1.807, 2.05) is 0 Å². The summed E-state index contributed by atoms with van der Waals surface area (Å²) in [5.41, 5.74) is 1.19. The van der Waals surface area contributed by atoms with E-state index in [1.54, 1.807) is 24.0 Å². The van der Waals surface area contributed by atoms with Gasteiger partial charge in [-0.25, -0.2) is 9.78 Å². The normalized spacial score (nSPS) is 10.1. The molecule has 0 radical (unpaired) electrons. The summed E-state index contributed by atoms with van der Waals surface area (Å²) in [6.07, 6.45) is 3.15. The molecule has 0 N–H and O–H groups in total. The monoisotopic (exact) mass is 209 g/mol. The van der Waals surface area contributed by atoms with E-state index in [4.69, 9.17) is 4.42 Å². The molecule has 4 nitrogen and oxygen atoms in total. The average molecular weight is 209 g/mol. The van der Waals surface area contributed by atoms with E-state index in [9.17, 15) is 4.79 Å². The third kappa shape index (κ3) is 1.54. The number of esters is 1. The Morgan fingerprint density at radius 3 is 3.14 bits per heavy atom. The predicted octanol–water partition coefficient (Wildman–Crippen LogP) is 2.19. The predicted molar refractivity (Wildman–Crippen MR) is 51.2 cm³/mol. The van der Waals surface area contributed by atoms with Gasteiger partial charge in [0.05, 0.1) is 13.4 Å². The summed E-state index contributed by atoms with van der Waals surface area (Å²) in [6.45, 7) is 0. The van der Waals surface area contributed by atoms with Crippen molar-refractivity contribution in [2.75, 3.05) is 7.11 Å². The van der Waals surface area contributed by atoms with Gasteiger partial charge in [-0.15, -0.1) is 11.3 Å². The maximum atomic E-state index is 11.1. The number of aromatic nitrogens is 1. The molecule has 0 fully saturated rings. The minimum absolute atomic E-state index is 0.328. The van der Waals surface area contributed by atoms with E-state index >= 15 is 0 Å². The van der Waals surface area contributed by atoms with Crippen LogP contribution in [0, 0.1) is 0 Å². The molecule has 2 heterocycles. The summed E-state index contributed by atoms with van der Waals surface area (Å²) in [7, 11) is 1.33. The van der Waals surface area contributed by atoms with E-state index in [0.29, 0.717) is 5.69 Å². The molecule has 2 rings (SSSR count). The first kappa shape index (κ1) is 8.96. The second kappa shape index (κ2) is 3.63. The third-order valence-corrected chi connectivity index (χ3v) is 2.56. The Balaban J connectivity index is 2.31. The van der Waals surface area contributed by atoms with Gasteiger partial charge >= 0.3 is 5.97 Å². The van der Waals surface area contributed by atoms with Gasteiger partial charge in [0, 0.05) is 10.9 Å². The minimum Gasteiger partial charge on any atom is -0.472 e. The summed E-state index contributed by atoms with van der Waals surface area (Å²) in [4.78, 5) is 15.2. The molecule has 0 aliphatic carbocycles. The van der Waals surface area contributed by atoms with E-state index in [0.717, 1.165) is 10.6 Å². The summed E-state index contributed by atoms with van der Waals surface area (Å²) in [6, 6.07) is 1.79. The lowest BCUT2D eigenvalue weighted by Crippen LogP contribution is -2.00. The molecule has 5 heteroatoms. The van der Waals surface area contributed by atoms with Crippen molar-refractivity contribution in [3.8, 4) is 10.6 Å². The third-order valence-electron chi connectivity index (χ3n) is 1.67. The lowest BCUT2D eigenvalue weighted by Gasteiger charge is -1.91. The SMILES string of the molecule is COC(=O)c1csc(-c2ccoc2)n1. The van der Waals surface area contributed by atoms with Crippen LogP contribution in [0.4, 0.5) is 0 Å². The lowest BCUT2D eigenvalue weighted by molar-refractivity contribution is 0.0595. The summed E-state index contributed by atoms with van der Waals surface area (Å²) in [5, 5.41) is 2.41. The van der Waals surface area contributed by atoms with Crippen LogP contribution in [0.1, 0.15) is 10.5 Å². The van der Waals surface area contributed by atoms with E-state index < -0.39 is 5.97 Å². The first-order valence-electron chi connectivity index (χ1n) is 3.87. The van der Waals surface area contributed by atoms with Gasteiger partial charge in [-0.2, -0.15) is 0 Å². The largest absolute Gasteiger partial charge is 0.472 e. The zero-order valence-corrected chi connectivity index (χ0v) is 8.21. The Bertz CT molecular complexity index is 433. The van der Waals surface area contributed by atoms with Crippen LogP contribution in [0.3, 0.4) is 0 Å². The van der Waals surface area contributed by atoms with Crippen LogP contribution < -0.4 is 0 Å². The maximum Gasteiger partial charge on any atom is 0.357 e. The number of furan rings is 1. The lowest BCUT2D eigenvalue weighted by atomic mass is 10.3. The second-order valence-electron chi connectivity index (χ2n) is 2.54. The number of hydrogen-bond acceptors (Lipinski definition) is 5. The quantitative estimate of drug-likeness (QED) is 0.711. The van der Waals surface area contributed by atoms with Crippen LogP contribution in [0.15, 0.2) is 28.4 Å². The van der Waals surface area contributed by atoms with Gasteiger partial charge in [0.2, 0.25) is 0 Å². The summed E-state index contributed by atoms with van der Waals surface area (Å²) in [5.74, 6) is -0.420. The molecule has 2 aromatic rings. The fourth-order valence-corrected chi connectivity index (χ4v) is 1.77. The molecular formula is C9H7NO3S. The minimum atomic E-state index is -0.420. The van der Waals surface area contributed by atoms with E-state index in [-0.39, 0.29) is 0 Å². The van der Waals surface area contributed by atoms with E-state index in [1.165, 1.54) is 18.4 Å². The Labute approximate surface area is 84.1 Å². The smallest absolute Gasteiger partial charge is 0.357 e. The van der Waals surface area contributed by atoms with Crippen molar-refractivity contribution in [1.29, 1.82) is 0 Å². The zero-order valence-electron chi connectivity index (χ0n) is 7.39. The van der Waals surface area contributed by atoms with Gasteiger partial charge < -0.3 is 9.15 Å². The van der Waals surface area contributed by atoms with Crippen molar-refractivity contribution < 1.29 is 13.9 Å². The number of carbonyl (C=O) groups is 1. The molecule has 2 aromatic heterocycles. The Morgan fingerprint density at radius 2 is 2.50 bits per heavy atom. The standard InChI is InChI=1S/C9H7NO3S/c1-12-9(11)7-5-14-8(10-7)6-2-3-13-4-6/h2-5H,1H3. The van der Waals surface area contributed by atoms with Gasteiger partial charge in [-0.3, -0.25) is 0 Å². The molecule has 0 spiro atoms. The molecular weight excluding hydrogens is 202 g/mol. The molecule has 0 bridgehead atoms. The highest BCUT2D eigenvalue weighted by molar-refractivity contribution is 7.13. The van der Waals surface area contributed by atoms with Gasteiger partial charge in [-0.1, -0.05) is 0 Å². The van der Waals surface area contributed by atoms with Gasteiger partial charge in [0.1, 0.15) is 11.3 Å². The number of carbonyl (C=O) groups excluding carboxylic acids is 1. The highest BCUT2D eigenvalue weighted by Crippen LogP contribution is 2.23. The van der Waals surface area contributed by atoms with Gasteiger partial charge in [0.15, 0.2) is 5.69 Å². The van der Waals surface area contributed by atoms with Crippen molar-refractivity contribution in [3.63, 3.8) is 0 Å². The summed E-state index contributed by atoms with van der Waals surface area (Å²) < 4.78 is 9.46. The molecule has 0 aliphatic rings. The topological polar surface area (TPSA) is 52.3 Å². The molecule has 0 saturated carbocycles. The fourth-order valence-electron chi connectivity index (χ4n) is 0.991. The first-order valence-corrected chi connectivity index (χ1v) is 4.75. The van der Waals surface area contributed by atoms with Crippen molar-refractivity contribution in [2.24, 2.45) is 0 Å². The number of nitrogens with zero attached hydrogens (tertiary/aromatic N) is 1. The Hall–Kier alpha value is -1.62. The molecule has 0 aromatic carbocycles. The summed E-state index contributed by atoms with van der Waals surface area (Å²) >= 11 is 1.38. The molecule has 0 atom stereocenters. The van der Waals surface area contributed by atoms with Crippen LogP contribution in [-0.2, 0) is 4.74 Å². The molecule has 0 amide bonds. The van der Waals surface area contributed by atoms with Gasteiger partial charge in [0.25, 0.3) is 0 Å². The van der Waals surface area contributed by atoms with Crippen molar-refractivity contribution in [1.82, 2.24) is 4.98 Å². The van der Waals surface area contributed by atoms with Crippen LogP contribution >= 0.6 is 11.3 Å². The highest BCUT2D eigenvalue weighted by atomic mass is 32.1. The fraction of sp³-hybridized carbons (Fsp3) is 0.111. The molecule has 72 valence electrons. The van der Waals surface area contributed by atoms with Crippen LogP contribution in [0.5, 0.6) is 0 Å². The number of hydrogen-bond donors (Lipinski definition) is 0. The molecule has 14 heavy (non-hydrogen) atoms. The van der Waals surface area contributed by atoms with Crippen LogP contribution in [-0.4, -0.2) is 18.1 Å². The molecule has 0 saturated heterocycles.